The number of nitrogens with zero attached hydrogens (tertiary/aromatic N) is 2. The normalized spacial score (nSPS) is 13.2. The van der Waals surface area contributed by atoms with Gasteiger partial charge in [-0.15, -0.1) is 0 Å². The minimum absolute atomic E-state index is 0.206. The molecule has 1 unspecified atom stereocenters. The molecule has 0 saturated carbocycles. The number of halogens is 3. The molecule has 1 atom stereocenters. The number of benzene rings is 1. The lowest BCUT2D eigenvalue weighted by Gasteiger charge is -2.19. The second kappa shape index (κ2) is 6.17. The van der Waals surface area contributed by atoms with Crippen molar-refractivity contribution in [1.82, 2.24) is 15.1 Å². The number of methoxy groups -OCH3 is 1. The van der Waals surface area contributed by atoms with E-state index in [1.54, 1.807) is 14.2 Å². The molecule has 4 nitrogen and oxygen atoms in total. The zero-order chi connectivity index (χ0) is 15.5. The smallest absolute Gasteiger partial charge is 0.419 e. The molecular weight excluding hydrogens is 283 g/mol. The van der Waals surface area contributed by atoms with Gasteiger partial charge in [0, 0.05) is 11.8 Å². The maximum atomic E-state index is 12.6. The van der Waals surface area contributed by atoms with Crippen molar-refractivity contribution >= 4 is 0 Å². The first kappa shape index (κ1) is 15.4. The molecule has 1 heterocycles. The van der Waals surface area contributed by atoms with Crippen LogP contribution in [0.3, 0.4) is 0 Å². The number of nitrogens with one attached hydrogen (secondary N) is 1. The fourth-order valence-corrected chi connectivity index (χ4v) is 2.10. The van der Waals surface area contributed by atoms with E-state index in [-0.39, 0.29) is 12.6 Å². The van der Waals surface area contributed by atoms with Gasteiger partial charge in [-0.1, -0.05) is 18.2 Å². The average molecular weight is 299 g/mol. The van der Waals surface area contributed by atoms with Crippen molar-refractivity contribution < 1.29 is 17.9 Å². The number of aromatic nitrogens is 2. The van der Waals surface area contributed by atoms with Crippen molar-refractivity contribution in [3.63, 3.8) is 0 Å². The summed E-state index contributed by atoms with van der Waals surface area (Å²) in [7, 11) is 3.30. The predicted octanol–water partition coefficient (Wildman–Crippen LogP) is 2.87. The van der Waals surface area contributed by atoms with Gasteiger partial charge in [0.15, 0.2) is 0 Å². The summed E-state index contributed by atoms with van der Waals surface area (Å²) in [5.74, 6) is 0.681. The van der Waals surface area contributed by atoms with Gasteiger partial charge in [-0.05, 0) is 13.1 Å². The number of para-hydroxylation sites is 1. The summed E-state index contributed by atoms with van der Waals surface area (Å²) in [6.45, 7) is 0.271. The van der Waals surface area contributed by atoms with E-state index < -0.39 is 11.7 Å². The summed E-state index contributed by atoms with van der Waals surface area (Å²) in [5, 5.41) is 6.83. The lowest BCUT2D eigenvalue weighted by Crippen LogP contribution is -2.22. The number of hydrogen-bond acceptors (Lipinski definition) is 3. The van der Waals surface area contributed by atoms with Gasteiger partial charge in [0.2, 0.25) is 0 Å². The highest BCUT2D eigenvalue weighted by molar-refractivity contribution is 5.35. The molecule has 21 heavy (non-hydrogen) atoms. The van der Waals surface area contributed by atoms with E-state index in [2.05, 4.69) is 10.4 Å². The monoisotopic (exact) mass is 299 g/mol. The molecular formula is C14H16F3N3O. The zero-order valence-corrected chi connectivity index (χ0v) is 11.7. The third kappa shape index (κ3) is 3.55. The standard InChI is InChI=1S/C14H16F3N3O/c1-18-12(11-5-3-4-6-13(11)21-2)9-20-8-10(7-19-20)14(15,16)17/h3-8,12,18H,9H2,1-2H3. The highest BCUT2D eigenvalue weighted by Crippen LogP contribution is 2.29. The van der Waals surface area contributed by atoms with Crippen molar-refractivity contribution in [2.45, 2.75) is 18.8 Å². The van der Waals surface area contributed by atoms with Crippen LogP contribution in [0.25, 0.3) is 0 Å². The Morgan fingerprint density at radius 1 is 1.33 bits per heavy atom. The summed E-state index contributed by atoms with van der Waals surface area (Å²) < 4.78 is 44.3. The van der Waals surface area contributed by atoms with Gasteiger partial charge in [0.05, 0.1) is 31.5 Å². The molecule has 0 aliphatic rings. The molecule has 0 spiro atoms. The molecule has 0 amide bonds. The second-order valence-corrected chi connectivity index (χ2v) is 4.53. The molecule has 7 heteroatoms. The van der Waals surface area contributed by atoms with Crippen molar-refractivity contribution in [1.29, 1.82) is 0 Å². The lowest BCUT2D eigenvalue weighted by atomic mass is 10.1. The molecule has 0 aliphatic carbocycles. The largest absolute Gasteiger partial charge is 0.496 e. The topological polar surface area (TPSA) is 39.1 Å². The van der Waals surface area contributed by atoms with Crippen LogP contribution >= 0.6 is 0 Å². The molecule has 0 fully saturated rings. The Bertz CT molecular complexity index is 595. The minimum atomic E-state index is -4.38. The maximum Gasteiger partial charge on any atom is 0.419 e. The third-order valence-electron chi connectivity index (χ3n) is 3.19. The molecule has 114 valence electrons. The van der Waals surface area contributed by atoms with E-state index in [0.29, 0.717) is 5.75 Å². The molecule has 0 saturated heterocycles. The minimum Gasteiger partial charge on any atom is -0.496 e. The molecule has 1 aromatic carbocycles. The molecule has 1 N–H and O–H groups in total. The van der Waals surface area contributed by atoms with Crippen LogP contribution in [0.2, 0.25) is 0 Å². The predicted molar refractivity (Wildman–Crippen MR) is 72.0 cm³/mol. The number of ether oxygens (including phenoxy) is 1. The summed E-state index contributed by atoms with van der Waals surface area (Å²) >= 11 is 0. The summed E-state index contributed by atoms with van der Waals surface area (Å²) in [4.78, 5) is 0. The van der Waals surface area contributed by atoms with E-state index in [0.717, 1.165) is 18.0 Å². The van der Waals surface area contributed by atoms with Gasteiger partial charge in [-0.25, -0.2) is 0 Å². The van der Waals surface area contributed by atoms with E-state index in [1.165, 1.54) is 4.68 Å². The zero-order valence-electron chi connectivity index (χ0n) is 11.7. The Morgan fingerprint density at radius 2 is 2.05 bits per heavy atom. The van der Waals surface area contributed by atoms with E-state index >= 15 is 0 Å². The molecule has 0 bridgehead atoms. The van der Waals surface area contributed by atoms with Crippen LogP contribution in [0.5, 0.6) is 5.75 Å². The second-order valence-electron chi connectivity index (χ2n) is 4.53. The average Bonchev–Trinajstić information content (AvgIpc) is 2.93. The van der Waals surface area contributed by atoms with Gasteiger partial charge in [-0.3, -0.25) is 4.68 Å². The number of alkyl halides is 3. The SMILES string of the molecule is CNC(Cn1cc(C(F)(F)F)cn1)c1ccccc1OC. The number of likely N-dealkylation sites (N-methyl/N-ethyl adjacent to an activating group) is 1. The Morgan fingerprint density at radius 3 is 2.62 bits per heavy atom. The Hall–Kier alpha value is -2.02. The fourth-order valence-electron chi connectivity index (χ4n) is 2.10. The van der Waals surface area contributed by atoms with Crippen molar-refractivity contribution in [3.05, 3.63) is 47.8 Å². The van der Waals surface area contributed by atoms with Crippen molar-refractivity contribution in [2.75, 3.05) is 14.2 Å². The Kier molecular flexibility index (Phi) is 4.52. The number of rotatable bonds is 5. The fraction of sp³-hybridized carbons (Fsp3) is 0.357. The molecule has 0 radical (unpaired) electrons. The van der Waals surface area contributed by atoms with Gasteiger partial charge in [-0.2, -0.15) is 18.3 Å². The summed E-state index contributed by atoms with van der Waals surface area (Å²) in [5.41, 5.74) is 0.115. The lowest BCUT2D eigenvalue weighted by molar-refractivity contribution is -0.137. The molecule has 0 aliphatic heterocycles. The Labute approximate surface area is 120 Å². The first-order valence-electron chi connectivity index (χ1n) is 6.35. The quantitative estimate of drug-likeness (QED) is 0.922. The number of hydrogen-bond donors (Lipinski definition) is 1. The van der Waals surface area contributed by atoms with Crippen LogP contribution < -0.4 is 10.1 Å². The molecule has 2 rings (SSSR count). The van der Waals surface area contributed by atoms with Crippen molar-refractivity contribution in [2.24, 2.45) is 0 Å². The van der Waals surface area contributed by atoms with Crippen LogP contribution in [0.15, 0.2) is 36.7 Å². The molecule has 1 aromatic heterocycles. The maximum absolute atomic E-state index is 12.6. The van der Waals surface area contributed by atoms with Crippen molar-refractivity contribution in [3.8, 4) is 5.75 Å². The van der Waals surface area contributed by atoms with Crippen LogP contribution in [0.1, 0.15) is 17.2 Å². The van der Waals surface area contributed by atoms with Crippen LogP contribution in [-0.2, 0) is 12.7 Å². The van der Waals surface area contributed by atoms with E-state index in [9.17, 15) is 13.2 Å². The summed E-state index contributed by atoms with van der Waals surface area (Å²) in [6, 6.07) is 7.16. The first-order valence-corrected chi connectivity index (χ1v) is 6.35. The Balaban J connectivity index is 2.21. The van der Waals surface area contributed by atoms with Crippen LogP contribution in [0.4, 0.5) is 13.2 Å². The van der Waals surface area contributed by atoms with Crippen LogP contribution in [0, 0.1) is 0 Å². The van der Waals surface area contributed by atoms with E-state index in [4.69, 9.17) is 4.74 Å². The van der Waals surface area contributed by atoms with Gasteiger partial charge >= 0.3 is 6.18 Å². The third-order valence-corrected chi connectivity index (χ3v) is 3.19. The summed E-state index contributed by atoms with van der Waals surface area (Å²) in [6.07, 6.45) is -2.55. The highest BCUT2D eigenvalue weighted by atomic mass is 19.4. The van der Waals surface area contributed by atoms with Gasteiger partial charge in [0.1, 0.15) is 5.75 Å². The highest BCUT2D eigenvalue weighted by Gasteiger charge is 2.32. The van der Waals surface area contributed by atoms with Gasteiger partial charge < -0.3 is 10.1 Å². The van der Waals surface area contributed by atoms with Crippen LogP contribution in [-0.4, -0.2) is 23.9 Å². The molecule has 2 aromatic rings. The van der Waals surface area contributed by atoms with Gasteiger partial charge in [0.25, 0.3) is 0 Å². The first-order chi connectivity index (χ1) is 9.95. The van der Waals surface area contributed by atoms with E-state index in [1.807, 2.05) is 24.3 Å².